The van der Waals surface area contributed by atoms with Crippen LogP contribution < -0.4 is 0 Å². The van der Waals surface area contributed by atoms with Crippen molar-refractivity contribution in [3.05, 3.63) is 16.1 Å². The molecule has 60 valence electrons. The van der Waals surface area contributed by atoms with E-state index in [1.165, 1.54) is 11.3 Å². The molecular formula is C7H10N2OS. The first-order chi connectivity index (χ1) is 5.22. The highest BCUT2D eigenvalue weighted by atomic mass is 32.1. The largest absolute Gasteiger partial charge is 0.303 e. The Morgan fingerprint density at radius 1 is 1.73 bits per heavy atom. The summed E-state index contributed by atoms with van der Waals surface area (Å²) in [4.78, 5) is 17.1. The molecule has 0 N–H and O–H groups in total. The summed E-state index contributed by atoms with van der Waals surface area (Å²) in [5.74, 6) is 0. The van der Waals surface area contributed by atoms with Gasteiger partial charge in [-0.25, -0.2) is 4.98 Å². The first kappa shape index (κ1) is 8.36. The Morgan fingerprint density at radius 3 is 2.91 bits per heavy atom. The Labute approximate surface area is 69.7 Å². The second kappa shape index (κ2) is 3.59. The molecule has 4 heteroatoms. The van der Waals surface area contributed by atoms with Gasteiger partial charge in [0.2, 0.25) is 0 Å². The second-order valence-corrected chi connectivity index (χ2v) is 3.66. The fraction of sp³-hybridized carbons (Fsp3) is 0.429. The van der Waals surface area contributed by atoms with Crippen molar-refractivity contribution in [3.8, 4) is 0 Å². The van der Waals surface area contributed by atoms with E-state index in [2.05, 4.69) is 4.98 Å². The number of thiazole rings is 1. The molecule has 0 aliphatic rings. The number of hydrogen-bond acceptors (Lipinski definition) is 4. The maximum atomic E-state index is 10.3. The second-order valence-electron chi connectivity index (χ2n) is 2.51. The predicted molar refractivity (Wildman–Crippen MR) is 44.9 cm³/mol. The van der Waals surface area contributed by atoms with Gasteiger partial charge in [-0.15, -0.1) is 11.3 Å². The van der Waals surface area contributed by atoms with E-state index in [1.807, 2.05) is 19.0 Å². The topological polar surface area (TPSA) is 33.2 Å². The van der Waals surface area contributed by atoms with Gasteiger partial charge in [0, 0.05) is 12.7 Å². The van der Waals surface area contributed by atoms with Crippen LogP contribution in [0.15, 0.2) is 6.20 Å². The number of rotatable bonds is 3. The highest BCUT2D eigenvalue weighted by Gasteiger charge is 2.00. The van der Waals surface area contributed by atoms with Crippen LogP contribution in [-0.4, -0.2) is 30.3 Å². The van der Waals surface area contributed by atoms with E-state index in [1.54, 1.807) is 6.20 Å². The molecule has 0 saturated carbocycles. The average Bonchev–Trinajstić information content (AvgIpc) is 2.34. The van der Waals surface area contributed by atoms with E-state index in [0.29, 0.717) is 4.88 Å². The fourth-order valence-corrected chi connectivity index (χ4v) is 1.58. The van der Waals surface area contributed by atoms with Gasteiger partial charge in [0.05, 0.1) is 4.88 Å². The van der Waals surface area contributed by atoms with E-state index in [0.717, 1.165) is 17.8 Å². The van der Waals surface area contributed by atoms with Crippen LogP contribution in [-0.2, 0) is 6.54 Å². The standard InChI is InChI=1S/C7H10N2OS/c1-9(2)4-7-8-3-6(5-10)11-7/h3,5H,4H2,1-2H3. The first-order valence-corrected chi connectivity index (χ1v) is 4.08. The minimum atomic E-state index is 0.696. The maximum Gasteiger partial charge on any atom is 0.161 e. The van der Waals surface area contributed by atoms with E-state index in [-0.39, 0.29) is 0 Å². The van der Waals surface area contributed by atoms with E-state index >= 15 is 0 Å². The normalized spacial score (nSPS) is 10.5. The zero-order valence-corrected chi connectivity index (χ0v) is 7.39. The van der Waals surface area contributed by atoms with Crippen molar-refractivity contribution >= 4 is 17.6 Å². The Bertz CT molecular complexity index is 244. The third kappa shape index (κ3) is 2.40. The SMILES string of the molecule is CN(C)Cc1ncc(C=O)s1. The molecule has 0 unspecified atom stereocenters. The monoisotopic (exact) mass is 170 g/mol. The smallest absolute Gasteiger partial charge is 0.161 e. The molecule has 11 heavy (non-hydrogen) atoms. The fourth-order valence-electron chi connectivity index (χ4n) is 0.722. The lowest BCUT2D eigenvalue weighted by molar-refractivity contribution is 0.112. The van der Waals surface area contributed by atoms with Gasteiger partial charge in [-0.3, -0.25) is 4.79 Å². The highest BCUT2D eigenvalue weighted by molar-refractivity contribution is 7.13. The van der Waals surface area contributed by atoms with Gasteiger partial charge < -0.3 is 4.90 Å². The van der Waals surface area contributed by atoms with E-state index < -0.39 is 0 Å². The zero-order chi connectivity index (χ0) is 8.27. The third-order valence-electron chi connectivity index (χ3n) is 1.14. The molecule has 0 amide bonds. The molecule has 0 radical (unpaired) electrons. The summed E-state index contributed by atoms with van der Waals surface area (Å²) in [6.45, 7) is 0.804. The molecular weight excluding hydrogens is 160 g/mol. The summed E-state index contributed by atoms with van der Waals surface area (Å²) in [5.41, 5.74) is 0. The Hall–Kier alpha value is -0.740. The van der Waals surface area contributed by atoms with Crippen LogP contribution in [0.3, 0.4) is 0 Å². The summed E-state index contributed by atoms with van der Waals surface area (Å²) in [6.07, 6.45) is 2.44. The van der Waals surface area contributed by atoms with Gasteiger partial charge in [0.15, 0.2) is 6.29 Å². The first-order valence-electron chi connectivity index (χ1n) is 3.27. The van der Waals surface area contributed by atoms with Crippen molar-refractivity contribution in [2.24, 2.45) is 0 Å². The van der Waals surface area contributed by atoms with Gasteiger partial charge >= 0.3 is 0 Å². The molecule has 0 bridgehead atoms. The molecule has 1 aromatic heterocycles. The molecule has 0 fully saturated rings. The molecule has 0 aliphatic carbocycles. The lowest BCUT2D eigenvalue weighted by Gasteiger charge is -2.04. The summed E-state index contributed by atoms with van der Waals surface area (Å²) in [5, 5.41) is 0.983. The molecule has 1 aromatic rings. The minimum Gasteiger partial charge on any atom is -0.303 e. The zero-order valence-electron chi connectivity index (χ0n) is 6.57. The van der Waals surface area contributed by atoms with Crippen molar-refractivity contribution in [1.29, 1.82) is 0 Å². The van der Waals surface area contributed by atoms with Crippen molar-refractivity contribution in [2.45, 2.75) is 6.54 Å². The number of aldehydes is 1. The summed E-state index contributed by atoms with van der Waals surface area (Å²) in [6, 6.07) is 0. The van der Waals surface area contributed by atoms with E-state index in [4.69, 9.17) is 0 Å². The quantitative estimate of drug-likeness (QED) is 0.635. The maximum absolute atomic E-state index is 10.3. The molecule has 1 rings (SSSR count). The molecule has 0 spiro atoms. The Kier molecular flexibility index (Phi) is 2.73. The van der Waals surface area contributed by atoms with Gasteiger partial charge in [-0.05, 0) is 14.1 Å². The minimum absolute atomic E-state index is 0.696. The predicted octanol–water partition coefficient (Wildman–Crippen LogP) is 1.02. The van der Waals surface area contributed by atoms with Crippen molar-refractivity contribution in [1.82, 2.24) is 9.88 Å². The number of aromatic nitrogens is 1. The van der Waals surface area contributed by atoms with Crippen LogP contribution in [0.4, 0.5) is 0 Å². The average molecular weight is 170 g/mol. The molecule has 1 heterocycles. The summed E-state index contributed by atoms with van der Waals surface area (Å²) < 4.78 is 0. The van der Waals surface area contributed by atoms with Crippen LogP contribution in [0.25, 0.3) is 0 Å². The van der Waals surface area contributed by atoms with Gasteiger partial charge in [-0.1, -0.05) is 0 Å². The van der Waals surface area contributed by atoms with Crippen LogP contribution in [0.5, 0.6) is 0 Å². The van der Waals surface area contributed by atoms with Crippen molar-refractivity contribution in [2.75, 3.05) is 14.1 Å². The number of hydrogen-bond donors (Lipinski definition) is 0. The van der Waals surface area contributed by atoms with E-state index in [9.17, 15) is 4.79 Å². The lowest BCUT2D eigenvalue weighted by Crippen LogP contribution is -2.09. The molecule has 0 aromatic carbocycles. The lowest BCUT2D eigenvalue weighted by atomic mass is 10.6. The van der Waals surface area contributed by atoms with Crippen LogP contribution in [0.1, 0.15) is 14.7 Å². The molecule has 3 nitrogen and oxygen atoms in total. The number of nitrogens with zero attached hydrogens (tertiary/aromatic N) is 2. The Balaban J connectivity index is 2.65. The molecule has 0 aliphatic heterocycles. The van der Waals surface area contributed by atoms with Gasteiger partial charge in [-0.2, -0.15) is 0 Å². The molecule has 0 atom stereocenters. The van der Waals surface area contributed by atoms with Crippen LogP contribution >= 0.6 is 11.3 Å². The highest BCUT2D eigenvalue weighted by Crippen LogP contribution is 2.11. The van der Waals surface area contributed by atoms with Gasteiger partial charge in [0.1, 0.15) is 5.01 Å². The summed E-state index contributed by atoms with van der Waals surface area (Å²) >= 11 is 1.44. The third-order valence-corrected chi connectivity index (χ3v) is 2.05. The molecule has 0 saturated heterocycles. The van der Waals surface area contributed by atoms with Gasteiger partial charge in [0.25, 0.3) is 0 Å². The van der Waals surface area contributed by atoms with Crippen molar-refractivity contribution < 1.29 is 4.79 Å². The van der Waals surface area contributed by atoms with Crippen molar-refractivity contribution in [3.63, 3.8) is 0 Å². The Morgan fingerprint density at radius 2 is 2.45 bits per heavy atom. The summed E-state index contributed by atoms with van der Waals surface area (Å²) in [7, 11) is 3.95. The number of carbonyl (C=O) groups is 1. The number of carbonyl (C=O) groups excluding carboxylic acids is 1. The van der Waals surface area contributed by atoms with Crippen LogP contribution in [0.2, 0.25) is 0 Å². The van der Waals surface area contributed by atoms with Crippen LogP contribution in [0, 0.1) is 0 Å².